The largest absolute Gasteiger partial charge is 0.419 e. The van der Waals surface area contributed by atoms with Crippen molar-refractivity contribution in [3.8, 4) is 0 Å². The molecular formula is C11H10F4N2O. The predicted molar refractivity (Wildman–Crippen MR) is 56.6 cm³/mol. The van der Waals surface area contributed by atoms with E-state index in [4.69, 9.17) is 0 Å². The van der Waals surface area contributed by atoms with Crippen LogP contribution in [0.3, 0.4) is 0 Å². The second-order valence-corrected chi connectivity index (χ2v) is 4.07. The fourth-order valence-corrected chi connectivity index (χ4v) is 1.40. The van der Waals surface area contributed by atoms with Crippen molar-refractivity contribution >= 4 is 11.7 Å². The average Bonchev–Trinajstić information content (AvgIpc) is 3.03. The van der Waals surface area contributed by atoms with E-state index < -0.39 is 23.6 Å². The van der Waals surface area contributed by atoms with Crippen LogP contribution >= 0.6 is 0 Å². The molecule has 1 saturated carbocycles. The first-order valence-corrected chi connectivity index (χ1v) is 5.30. The minimum absolute atomic E-state index is 0.0903. The summed E-state index contributed by atoms with van der Waals surface area (Å²) in [6.07, 6.45) is -3.05. The number of carbonyl (C=O) groups excluding carboxylic acids is 1. The molecular weight excluding hydrogens is 252 g/mol. The highest BCUT2D eigenvalue weighted by molar-refractivity contribution is 5.89. The van der Waals surface area contributed by atoms with Crippen molar-refractivity contribution < 1.29 is 22.4 Å². The highest BCUT2D eigenvalue weighted by Crippen LogP contribution is 2.33. The van der Waals surface area contributed by atoms with E-state index in [0.717, 1.165) is 18.9 Å². The fourth-order valence-electron chi connectivity index (χ4n) is 1.40. The van der Waals surface area contributed by atoms with Gasteiger partial charge in [0.25, 0.3) is 0 Å². The van der Waals surface area contributed by atoms with Gasteiger partial charge >= 0.3 is 12.2 Å². The van der Waals surface area contributed by atoms with Crippen molar-refractivity contribution in [3.05, 3.63) is 29.6 Å². The number of hydrogen-bond acceptors (Lipinski definition) is 1. The van der Waals surface area contributed by atoms with E-state index in [1.165, 1.54) is 0 Å². The molecule has 1 aliphatic carbocycles. The molecule has 0 unspecified atom stereocenters. The summed E-state index contributed by atoms with van der Waals surface area (Å²) in [7, 11) is 0. The lowest BCUT2D eigenvalue weighted by molar-refractivity contribution is -0.139. The third-order valence-electron chi connectivity index (χ3n) is 2.44. The minimum atomic E-state index is -4.78. The van der Waals surface area contributed by atoms with Crippen LogP contribution in [-0.4, -0.2) is 12.1 Å². The van der Waals surface area contributed by atoms with Crippen molar-refractivity contribution in [1.82, 2.24) is 5.32 Å². The zero-order valence-corrected chi connectivity index (χ0v) is 9.14. The molecule has 0 bridgehead atoms. The van der Waals surface area contributed by atoms with E-state index >= 15 is 0 Å². The molecule has 0 atom stereocenters. The highest BCUT2D eigenvalue weighted by atomic mass is 19.4. The van der Waals surface area contributed by atoms with Gasteiger partial charge in [-0.25, -0.2) is 9.18 Å². The molecule has 3 nitrogen and oxygen atoms in total. The molecule has 18 heavy (non-hydrogen) atoms. The molecule has 0 heterocycles. The lowest BCUT2D eigenvalue weighted by Gasteiger charge is -2.11. The summed E-state index contributed by atoms with van der Waals surface area (Å²) in [6, 6.07) is 1.83. The summed E-state index contributed by atoms with van der Waals surface area (Å²) >= 11 is 0. The van der Waals surface area contributed by atoms with E-state index in [9.17, 15) is 22.4 Å². The van der Waals surface area contributed by atoms with Crippen LogP contribution in [0.5, 0.6) is 0 Å². The molecule has 0 spiro atoms. The van der Waals surface area contributed by atoms with E-state index in [-0.39, 0.29) is 11.7 Å². The number of benzene rings is 1. The first kappa shape index (κ1) is 12.7. The zero-order chi connectivity index (χ0) is 13.3. The topological polar surface area (TPSA) is 41.1 Å². The smallest absolute Gasteiger partial charge is 0.335 e. The van der Waals surface area contributed by atoms with E-state index in [1.54, 1.807) is 0 Å². The normalized spacial score (nSPS) is 15.3. The predicted octanol–water partition coefficient (Wildman–Crippen LogP) is 3.13. The lowest BCUT2D eigenvalue weighted by atomic mass is 10.2. The Morgan fingerprint density at radius 1 is 1.28 bits per heavy atom. The lowest BCUT2D eigenvalue weighted by Crippen LogP contribution is -2.30. The molecule has 1 aromatic rings. The standard InChI is InChI=1S/C11H10F4N2O/c12-9-4-3-7(5-8(9)11(13,14)15)17-10(18)16-6-1-2-6/h3-6H,1-2H2,(H2,16,17,18). The number of rotatable bonds is 2. The van der Waals surface area contributed by atoms with Crippen LogP contribution in [0.15, 0.2) is 18.2 Å². The summed E-state index contributed by atoms with van der Waals surface area (Å²) in [5.74, 6) is -1.37. The Morgan fingerprint density at radius 3 is 2.50 bits per heavy atom. The Labute approximate surface area is 100 Å². The van der Waals surface area contributed by atoms with Crippen molar-refractivity contribution in [2.45, 2.75) is 25.1 Å². The Morgan fingerprint density at radius 2 is 1.94 bits per heavy atom. The second kappa shape index (κ2) is 4.47. The quantitative estimate of drug-likeness (QED) is 0.790. The Hall–Kier alpha value is -1.79. The van der Waals surface area contributed by atoms with Gasteiger partial charge in [-0.05, 0) is 31.0 Å². The summed E-state index contributed by atoms with van der Waals surface area (Å²) < 4.78 is 50.2. The van der Waals surface area contributed by atoms with Gasteiger partial charge < -0.3 is 10.6 Å². The summed E-state index contributed by atoms with van der Waals surface area (Å²) in [6.45, 7) is 0. The van der Waals surface area contributed by atoms with Gasteiger partial charge in [0, 0.05) is 11.7 Å². The van der Waals surface area contributed by atoms with Crippen molar-refractivity contribution in [2.75, 3.05) is 5.32 Å². The van der Waals surface area contributed by atoms with Crippen LogP contribution in [0, 0.1) is 5.82 Å². The molecule has 0 aliphatic heterocycles. The third kappa shape index (κ3) is 3.12. The highest BCUT2D eigenvalue weighted by Gasteiger charge is 2.34. The van der Waals surface area contributed by atoms with Crippen molar-refractivity contribution in [2.24, 2.45) is 0 Å². The molecule has 1 fully saturated rings. The van der Waals surface area contributed by atoms with Crippen LogP contribution in [-0.2, 0) is 6.18 Å². The van der Waals surface area contributed by atoms with Crippen LogP contribution in [0.25, 0.3) is 0 Å². The van der Waals surface area contributed by atoms with Crippen LogP contribution in [0.1, 0.15) is 18.4 Å². The van der Waals surface area contributed by atoms with Gasteiger partial charge in [-0.1, -0.05) is 0 Å². The first-order chi connectivity index (χ1) is 8.36. The number of halogens is 4. The molecule has 7 heteroatoms. The minimum Gasteiger partial charge on any atom is -0.335 e. The molecule has 0 aromatic heterocycles. The third-order valence-corrected chi connectivity index (χ3v) is 2.44. The number of nitrogens with one attached hydrogen (secondary N) is 2. The maximum Gasteiger partial charge on any atom is 0.419 e. The van der Waals surface area contributed by atoms with Gasteiger partial charge in [-0.15, -0.1) is 0 Å². The van der Waals surface area contributed by atoms with Crippen LogP contribution < -0.4 is 10.6 Å². The van der Waals surface area contributed by atoms with Crippen LogP contribution in [0.4, 0.5) is 28.0 Å². The van der Waals surface area contributed by atoms with Gasteiger partial charge in [0.1, 0.15) is 5.82 Å². The number of carbonyl (C=O) groups is 1. The monoisotopic (exact) mass is 262 g/mol. The molecule has 1 aromatic carbocycles. The summed E-state index contributed by atoms with van der Waals surface area (Å²) in [5, 5.41) is 4.79. The number of anilines is 1. The van der Waals surface area contributed by atoms with Gasteiger partial charge in [0.2, 0.25) is 0 Å². The Balaban J connectivity index is 2.11. The fraction of sp³-hybridized carbons (Fsp3) is 0.364. The number of urea groups is 1. The second-order valence-electron chi connectivity index (χ2n) is 4.07. The SMILES string of the molecule is O=C(Nc1ccc(F)c(C(F)(F)F)c1)NC1CC1. The van der Waals surface area contributed by atoms with Gasteiger partial charge in [-0.3, -0.25) is 0 Å². The Kier molecular flexibility index (Phi) is 3.14. The maximum absolute atomic E-state index is 13.0. The van der Waals surface area contributed by atoms with Crippen LogP contribution in [0.2, 0.25) is 0 Å². The molecule has 0 saturated heterocycles. The molecule has 2 amide bonds. The summed E-state index contributed by atoms with van der Waals surface area (Å²) in [4.78, 5) is 11.3. The number of hydrogen-bond donors (Lipinski definition) is 2. The molecule has 98 valence electrons. The van der Waals surface area contributed by atoms with Gasteiger partial charge in [-0.2, -0.15) is 13.2 Å². The van der Waals surface area contributed by atoms with E-state index in [0.29, 0.717) is 12.1 Å². The first-order valence-electron chi connectivity index (χ1n) is 5.30. The molecule has 1 aliphatic rings. The average molecular weight is 262 g/mol. The molecule has 2 rings (SSSR count). The zero-order valence-electron chi connectivity index (χ0n) is 9.14. The summed E-state index contributed by atoms with van der Waals surface area (Å²) in [5.41, 5.74) is -1.49. The van der Waals surface area contributed by atoms with Gasteiger partial charge in [0.05, 0.1) is 5.56 Å². The van der Waals surface area contributed by atoms with Crippen molar-refractivity contribution in [3.63, 3.8) is 0 Å². The maximum atomic E-state index is 13.0. The number of alkyl halides is 3. The van der Waals surface area contributed by atoms with E-state index in [2.05, 4.69) is 10.6 Å². The van der Waals surface area contributed by atoms with Gasteiger partial charge in [0.15, 0.2) is 0 Å². The Bertz CT molecular complexity index is 469. The van der Waals surface area contributed by atoms with Crippen molar-refractivity contribution in [1.29, 1.82) is 0 Å². The molecule has 0 radical (unpaired) electrons. The number of amides is 2. The molecule has 2 N–H and O–H groups in total. The van der Waals surface area contributed by atoms with E-state index in [1.807, 2.05) is 0 Å².